The lowest BCUT2D eigenvalue weighted by atomic mass is 10.1. The Bertz CT molecular complexity index is 1030. The molecule has 4 nitrogen and oxygen atoms in total. The van der Waals surface area contributed by atoms with Crippen LogP contribution in [0.1, 0.15) is 21.5 Å². The Kier molecular flexibility index (Phi) is 4.84. The van der Waals surface area contributed by atoms with Gasteiger partial charge in [-0.25, -0.2) is 0 Å². The van der Waals surface area contributed by atoms with Gasteiger partial charge in [0.25, 0.3) is 0 Å². The minimum Gasteiger partial charge on any atom is -0.489 e. The number of hydrogen-bond donors (Lipinski definition) is 0. The number of aromatic nitrogens is 1. The number of ether oxygens (including phenoxy) is 2. The van der Waals surface area contributed by atoms with Crippen LogP contribution < -0.4 is 9.47 Å². The number of fused-ring (bicyclic) bond motifs is 1. The number of Topliss-reactive ketones (excluding diaryl/α,β-unsaturated/α-hetero) is 1. The van der Waals surface area contributed by atoms with E-state index in [-0.39, 0.29) is 18.1 Å². The second kappa shape index (κ2) is 7.43. The van der Waals surface area contributed by atoms with Crippen molar-refractivity contribution >= 4 is 35.1 Å². The zero-order valence-electron chi connectivity index (χ0n) is 14.0. The lowest BCUT2D eigenvalue weighted by Gasteiger charge is -2.10. The molecule has 0 fully saturated rings. The van der Waals surface area contributed by atoms with E-state index < -0.39 is 0 Å². The van der Waals surface area contributed by atoms with Crippen LogP contribution >= 0.6 is 23.2 Å². The van der Waals surface area contributed by atoms with Gasteiger partial charge in [0, 0.05) is 34.1 Å². The lowest BCUT2D eigenvalue weighted by Crippen LogP contribution is -1.98. The van der Waals surface area contributed by atoms with Crippen LogP contribution in [0.15, 0.2) is 66.7 Å². The topological polar surface area (TPSA) is 48.4 Å². The van der Waals surface area contributed by atoms with Crippen LogP contribution in [0.4, 0.5) is 0 Å². The molecule has 0 N–H and O–H groups in total. The van der Waals surface area contributed by atoms with E-state index in [0.29, 0.717) is 32.7 Å². The van der Waals surface area contributed by atoms with Crippen molar-refractivity contribution in [2.24, 2.45) is 0 Å². The first kappa shape index (κ1) is 17.6. The average molecular weight is 398 g/mol. The molecule has 0 aliphatic carbocycles. The van der Waals surface area contributed by atoms with Gasteiger partial charge in [-0.05, 0) is 48.0 Å². The fraction of sp³-hybridized carbons (Fsp3) is 0.0476. The first-order valence-corrected chi connectivity index (χ1v) is 8.91. The van der Waals surface area contributed by atoms with Crippen LogP contribution in [0.3, 0.4) is 0 Å². The molecule has 1 aliphatic rings. The van der Waals surface area contributed by atoms with Gasteiger partial charge in [0.2, 0.25) is 5.78 Å². The number of hydrogen-bond acceptors (Lipinski definition) is 4. The maximum absolute atomic E-state index is 12.5. The van der Waals surface area contributed by atoms with E-state index in [1.165, 1.54) is 0 Å². The molecular weight excluding hydrogens is 385 g/mol. The molecule has 1 aliphatic heterocycles. The molecule has 0 unspecified atom stereocenters. The van der Waals surface area contributed by atoms with Crippen molar-refractivity contribution in [3.05, 3.63) is 93.4 Å². The summed E-state index contributed by atoms with van der Waals surface area (Å²) in [6, 6.07) is 14.0. The molecule has 4 rings (SSSR count). The summed E-state index contributed by atoms with van der Waals surface area (Å²) in [4.78, 5) is 16.5. The molecule has 0 atom stereocenters. The van der Waals surface area contributed by atoms with Crippen LogP contribution in [0.25, 0.3) is 6.08 Å². The van der Waals surface area contributed by atoms with Crippen molar-refractivity contribution in [3.8, 4) is 11.5 Å². The highest BCUT2D eigenvalue weighted by Gasteiger charge is 2.27. The fourth-order valence-corrected chi connectivity index (χ4v) is 3.20. The molecule has 2 aromatic carbocycles. The number of carbonyl (C=O) groups is 1. The second-order valence-electron chi connectivity index (χ2n) is 5.87. The Morgan fingerprint density at radius 3 is 2.52 bits per heavy atom. The molecule has 6 heteroatoms. The summed E-state index contributed by atoms with van der Waals surface area (Å²) in [5.41, 5.74) is 2.04. The molecule has 134 valence electrons. The van der Waals surface area contributed by atoms with Crippen molar-refractivity contribution in [1.29, 1.82) is 0 Å². The molecule has 1 aromatic heterocycles. The molecular formula is C21H13Cl2NO3. The molecule has 0 amide bonds. The van der Waals surface area contributed by atoms with E-state index in [2.05, 4.69) is 4.98 Å². The Labute approximate surface area is 166 Å². The monoisotopic (exact) mass is 397 g/mol. The zero-order valence-corrected chi connectivity index (χ0v) is 15.5. The third-order valence-corrected chi connectivity index (χ3v) is 4.80. The summed E-state index contributed by atoms with van der Waals surface area (Å²) in [7, 11) is 0. The highest BCUT2D eigenvalue weighted by molar-refractivity contribution is 6.35. The molecule has 2 heterocycles. The number of allylic oxidation sites excluding steroid dienone is 1. The van der Waals surface area contributed by atoms with E-state index in [9.17, 15) is 4.79 Å². The van der Waals surface area contributed by atoms with Crippen molar-refractivity contribution in [3.63, 3.8) is 0 Å². The predicted octanol–water partition coefficient (Wildman–Crippen LogP) is 5.58. The second-order valence-corrected chi connectivity index (χ2v) is 6.68. The van der Waals surface area contributed by atoms with Crippen LogP contribution in [0.2, 0.25) is 10.0 Å². The highest BCUT2D eigenvalue weighted by Crippen LogP contribution is 2.35. The Morgan fingerprint density at radius 1 is 1.04 bits per heavy atom. The van der Waals surface area contributed by atoms with Gasteiger partial charge in [-0.1, -0.05) is 29.3 Å². The largest absolute Gasteiger partial charge is 0.489 e. The number of pyridine rings is 1. The maximum Gasteiger partial charge on any atom is 0.231 e. The van der Waals surface area contributed by atoms with Gasteiger partial charge in [0.15, 0.2) is 5.76 Å². The summed E-state index contributed by atoms with van der Waals surface area (Å²) < 4.78 is 11.5. The molecule has 0 radical (unpaired) electrons. The molecule has 0 saturated heterocycles. The number of ketones is 1. The Balaban J connectivity index is 1.54. The normalized spacial score (nSPS) is 14.1. The van der Waals surface area contributed by atoms with E-state index >= 15 is 0 Å². The third-order valence-electron chi connectivity index (χ3n) is 4.09. The van der Waals surface area contributed by atoms with Gasteiger partial charge >= 0.3 is 0 Å². The SMILES string of the molecule is O=C1/C(=C/c2ccncc2)Oc2cc(OCc3c(Cl)cccc3Cl)ccc21. The van der Waals surface area contributed by atoms with Crippen LogP contribution in [-0.4, -0.2) is 10.8 Å². The highest BCUT2D eigenvalue weighted by atomic mass is 35.5. The first-order chi connectivity index (χ1) is 13.1. The summed E-state index contributed by atoms with van der Waals surface area (Å²) in [6.07, 6.45) is 5.00. The number of rotatable bonds is 4. The summed E-state index contributed by atoms with van der Waals surface area (Å²) in [6.45, 7) is 0.213. The predicted molar refractivity (Wildman–Crippen MR) is 104 cm³/mol. The molecule has 3 aromatic rings. The number of carbonyl (C=O) groups excluding carboxylic acids is 1. The minimum absolute atomic E-state index is 0.164. The molecule has 0 spiro atoms. The van der Waals surface area contributed by atoms with Gasteiger partial charge in [-0.2, -0.15) is 0 Å². The van der Waals surface area contributed by atoms with Gasteiger partial charge in [-0.3, -0.25) is 9.78 Å². The van der Waals surface area contributed by atoms with E-state index in [0.717, 1.165) is 5.56 Å². The Morgan fingerprint density at radius 2 is 1.78 bits per heavy atom. The van der Waals surface area contributed by atoms with Crippen LogP contribution in [-0.2, 0) is 6.61 Å². The van der Waals surface area contributed by atoms with Gasteiger partial charge < -0.3 is 9.47 Å². The van der Waals surface area contributed by atoms with Gasteiger partial charge in [0.1, 0.15) is 18.1 Å². The van der Waals surface area contributed by atoms with E-state index in [4.69, 9.17) is 32.7 Å². The summed E-state index contributed by atoms with van der Waals surface area (Å²) >= 11 is 12.3. The minimum atomic E-state index is -0.164. The first-order valence-electron chi connectivity index (χ1n) is 8.16. The lowest BCUT2D eigenvalue weighted by molar-refractivity contribution is 0.101. The summed E-state index contributed by atoms with van der Waals surface area (Å²) in [5.74, 6) is 1.12. The van der Waals surface area contributed by atoms with Crippen molar-refractivity contribution in [2.45, 2.75) is 6.61 Å². The van der Waals surface area contributed by atoms with E-state index in [1.807, 2.05) is 0 Å². The summed E-state index contributed by atoms with van der Waals surface area (Å²) in [5, 5.41) is 1.08. The molecule has 0 saturated carbocycles. The van der Waals surface area contributed by atoms with Gasteiger partial charge in [-0.15, -0.1) is 0 Å². The van der Waals surface area contributed by atoms with E-state index in [1.54, 1.807) is 67.0 Å². The smallest absolute Gasteiger partial charge is 0.231 e. The molecule has 27 heavy (non-hydrogen) atoms. The van der Waals surface area contributed by atoms with Crippen molar-refractivity contribution in [2.75, 3.05) is 0 Å². The quantitative estimate of drug-likeness (QED) is 0.538. The molecule has 0 bridgehead atoms. The van der Waals surface area contributed by atoms with Crippen LogP contribution in [0, 0.1) is 0 Å². The van der Waals surface area contributed by atoms with Crippen LogP contribution in [0.5, 0.6) is 11.5 Å². The van der Waals surface area contributed by atoms with Crippen molar-refractivity contribution in [1.82, 2.24) is 4.98 Å². The Hall–Kier alpha value is -2.82. The standard InChI is InChI=1S/C21H13Cl2NO3/c22-17-2-1-3-18(23)16(17)12-26-14-4-5-15-19(11-14)27-20(21(15)25)10-13-6-8-24-9-7-13/h1-11H,12H2/b20-10-. The van der Waals surface area contributed by atoms with Gasteiger partial charge in [0.05, 0.1) is 5.56 Å². The number of halogens is 2. The third kappa shape index (κ3) is 3.68. The average Bonchev–Trinajstić information content (AvgIpc) is 2.97. The maximum atomic E-state index is 12.5. The number of benzene rings is 2. The fourth-order valence-electron chi connectivity index (χ4n) is 2.69. The zero-order chi connectivity index (χ0) is 18.8. The van der Waals surface area contributed by atoms with Crippen molar-refractivity contribution < 1.29 is 14.3 Å². The number of nitrogens with zero attached hydrogens (tertiary/aromatic N) is 1.